The highest BCUT2D eigenvalue weighted by Gasteiger charge is 2.15. The first-order valence-electron chi connectivity index (χ1n) is 5.98. The van der Waals surface area contributed by atoms with Crippen molar-refractivity contribution < 1.29 is 23.5 Å². The van der Waals surface area contributed by atoms with Gasteiger partial charge in [-0.05, 0) is 31.2 Å². The van der Waals surface area contributed by atoms with Gasteiger partial charge in [0.2, 0.25) is 0 Å². The van der Waals surface area contributed by atoms with Crippen molar-refractivity contribution in [2.45, 2.75) is 6.92 Å². The Morgan fingerprint density at radius 3 is 2.24 bits per heavy atom. The molecule has 1 amide bonds. The van der Waals surface area contributed by atoms with Gasteiger partial charge in [-0.2, -0.15) is 0 Å². The van der Waals surface area contributed by atoms with E-state index in [1.54, 1.807) is 13.0 Å². The first kappa shape index (κ1) is 14.6. The first-order chi connectivity index (χ1) is 9.86. The van der Waals surface area contributed by atoms with Crippen molar-refractivity contribution in [3.05, 3.63) is 64.7 Å². The molecule has 0 heterocycles. The zero-order chi connectivity index (χ0) is 15.6. The number of aryl methyl sites for hydroxylation is 1. The lowest BCUT2D eigenvalue weighted by atomic mass is 10.1. The first-order valence-corrected chi connectivity index (χ1v) is 5.98. The predicted octanol–water partition coefficient (Wildman–Crippen LogP) is 3.22. The maximum atomic E-state index is 13.1. The number of amides is 1. The van der Waals surface area contributed by atoms with Crippen LogP contribution in [0, 0.1) is 18.6 Å². The lowest BCUT2D eigenvalue weighted by Gasteiger charge is -2.09. The predicted molar refractivity (Wildman–Crippen MR) is 72.4 cm³/mol. The molecule has 0 aliphatic heterocycles. The molecule has 2 rings (SSSR count). The SMILES string of the molecule is Cc1ccc(NC(=O)c2cc(F)cc(F)c2)c(C(=O)O)c1. The Hall–Kier alpha value is -2.76. The molecule has 6 heteroatoms. The standard InChI is InChI=1S/C15H11F2NO3/c1-8-2-3-13(12(4-8)15(20)21)18-14(19)9-5-10(16)7-11(17)6-9/h2-7H,1H3,(H,18,19)(H,20,21). The van der Waals surface area contributed by atoms with Crippen LogP contribution in [0.15, 0.2) is 36.4 Å². The minimum absolute atomic E-state index is 0.0581. The molecule has 0 aromatic heterocycles. The molecule has 0 radical (unpaired) electrons. The number of anilines is 1. The molecule has 0 saturated heterocycles. The van der Waals surface area contributed by atoms with Crippen LogP contribution in [0.1, 0.15) is 26.3 Å². The van der Waals surface area contributed by atoms with Gasteiger partial charge in [0.25, 0.3) is 5.91 Å². The average molecular weight is 291 g/mol. The number of aromatic carboxylic acids is 1. The van der Waals surface area contributed by atoms with E-state index in [1.807, 2.05) is 0 Å². The summed E-state index contributed by atoms with van der Waals surface area (Å²) in [6, 6.07) is 6.82. The van der Waals surface area contributed by atoms with Crippen molar-refractivity contribution in [1.29, 1.82) is 0 Å². The van der Waals surface area contributed by atoms with Crippen LogP contribution >= 0.6 is 0 Å². The number of carboxylic acids is 1. The fourth-order valence-electron chi connectivity index (χ4n) is 1.82. The van der Waals surface area contributed by atoms with Gasteiger partial charge in [0, 0.05) is 11.6 Å². The fraction of sp³-hybridized carbons (Fsp3) is 0.0667. The van der Waals surface area contributed by atoms with E-state index in [0.29, 0.717) is 11.6 Å². The van der Waals surface area contributed by atoms with Crippen LogP contribution in [-0.4, -0.2) is 17.0 Å². The lowest BCUT2D eigenvalue weighted by molar-refractivity contribution is 0.0698. The normalized spacial score (nSPS) is 10.2. The van der Waals surface area contributed by atoms with E-state index in [2.05, 4.69) is 5.32 Å². The molecule has 0 aliphatic carbocycles. The summed E-state index contributed by atoms with van der Waals surface area (Å²) in [5, 5.41) is 11.4. The van der Waals surface area contributed by atoms with Gasteiger partial charge in [-0.1, -0.05) is 11.6 Å². The zero-order valence-electron chi connectivity index (χ0n) is 11.0. The largest absolute Gasteiger partial charge is 0.478 e. The highest BCUT2D eigenvalue weighted by molar-refractivity contribution is 6.07. The van der Waals surface area contributed by atoms with E-state index in [4.69, 9.17) is 5.11 Å². The summed E-state index contributed by atoms with van der Waals surface area (Å²) in [4.78, 5) is 23.1. The van der Waals surface area contributed by atoms with E-state index in [9.17, 15) is 18.4 Å². The summed E-state index contributed by atoms with van der Waals surface area (Å²) in [5.74, 6) is -3.77. The molecule has 0 spiro atoms. The van der Waals surface area contributed by atoms with Crippen LogP contribution in [0.3, 0.4) is 0 Å². The number of benzene rings is 2. The van der Waals surface area contributed by atoms with Gasteiger partial charge in [-0.3, -0.25) is 4.79 Å². The second-order valence-electron chi connectivity index (χ2n) is 4.47. The molecule has 0 bridgehead atoms. The number of rotatable bonds is 3. The Balaban J connectivity index is 2.33. The molecule has 0 unspecified atom stereocenters. The van der Waals surface area contributed by atoms with Crippen molar-refractivity contribution in [2.24, 2.45) is 0 Å². The average Bonchev–Trinajstić information content (AvgIpc) is 2.39. The van der Waals surface area contributed by atoms with Crippen LogP contribution in [0.2, 0.25) is 0 Å². The summed E-state index contributed by atoms with van der Waals surface area (Å²) in [6.07, 6.45) is 0. The second-order valence-corrected chi connectivity index (χ2v) is 4.47. The number of halogens is 2. The number of carbonyl (C=O) groups excluding carboxylic acids is 1. The molecule has 0 atom stereocenters. The number of hydrogen-bond acceptors (Lipinski definition) is 2. The topological polar surface area (TPSA) is 66.4 Å². The van der Waals surface area contributed by atoms with Crippen LogP contribution in [0.5, 0.6) is 0 Å². The number of nitrogens with one attached hydrogen (secondary N) is 1. The fourth-order valence-corrected chi connectivity index (χ4v) is 1.82. The van der Waals surface area contributed by atoms with Crippen molar-refractivity contribution >= 4 is 17.6 Å². The highest BCUT2D eigenvalue weighted by Crippen LogP contribution is 2.19. The van der Waals surface area contributed by atoms with Crippen molar-refractivity contribution in [3.63, 3.8) is 0 Å². The summed E-state index contributed by atoms with van der Waals surface area (Å²) in [6.45, 7) is 1.71. The molecular weight excluding hydrogens is 280 g/mol. The maximum Gasteiger partial charge on any atom is 0.337 e. The van der Waals surface area contributed by atoms with Gasteiger partial charge in [-0.15, -0.1) is 0 Å². The van der Waals surface area contributed by atoms with Gasteiger partial charge < -0.3 is 10.4 Å². The van der Waals surface area contributed by atoms with E-state index >= 15 is 0 Å². The van der Waals surface area contributed by atoms with E-state index in [0.717, 1.165) is 12.1 Å². The Labute approximate surface area is 119 Å². The van der Waals surface area contributed by atoms with E-state index in [-0.39, 0.29) is 16.8 Å². The van der Waals surface area contributed by atoms with Crippen LogP contribution < -0.4 is 5.32 Å². The van der Waals surface area contributed by atoms with Crippen LogP contribution in [-0.2, 0) is 0 Å². The molecule has 2 N–H and O–H groups in total. The molecule has 21 heavy (non-hydrogen) atoms. The number of carboxylic acid groups (broad SMARTS) is 1. The molecule has 0 saturated carbocycles. The van der Waals surface area contributed by atoms with Gasteiger partial charge in [0.15, 0.2) is 0 Å². The third-order valence-electron chi connectivity index (χ3n) is 2.78. The van der Waals surface area contributed by atoms with Gasteiger partial charge >= 0.3 is 5.97 Å². The second kappa shape index (κ2) is 5.70. The van der Waals surface area contributed by atoms with Gasteiger partial charge in [0.05, 0.1) is 11.3 Å². The summed E-state index contributed by atoms with van der Waals surface area (Å²) >= 11 is 0. The third kappa shape index (κ3) is 3.42. The van der Waals surface area contributed by atoms with Crippen molar-refractivity contribution in [1.82, 2.24) is 0 Å². The molecule has 2 aromatic rings. The van der Waals surface area contributed by atoms with Crippen molar-refractivity contribution in [2.75, 3.05) is 5.32 Å². The van der Waals surface area contributed by atoms with Crippen LogP contribution in [0.4, 0.5) is 14.5 Å². The Morgan fingerprint density at radius 1 is 1.05 bits per heavy atom. The Kier molecular flexibility index (Phi) is 3.98. The minimum Gasteiger partial charge on any atom is -0.478 e. The third-order valence-corrected chi connectivity index (χ3v) is 2.78. The zero-order valence-corrected chi connectivity index (χ0v) is 11.0. The molecule has 108 valence electrons. The highest BCUT2D eigenvalue weighted by atomic mass is 19.1. The van der Waals surface area contributed by atoms with Crippen molar-refractivity contribution in [3.8, 4) is 0 Å². The minimum atomic E-state index is -1.21. The monoisotopic (exact) mass is 291 g/mol. The maximum absolute atomic E-state index is 13.1. The number of carbonyl (C=O) groups is 2. The molecule has 0 aliphatic rings. The van der Waals surface area contributed by atoms with E-state index in [1.165, 1.54) is 12.1 Å². The lowest BCUT2D eigenvalue weighted by Crippen LogP contribution is -2.15. The Morgan fingerprint density at radius 2 is 1.67 bits per heavy atom. The summed E-state index contributed by atoms with van der Waals surface area (Å²) in [5.41, 5.74) is 0.439. The molecular formula is C15H11F2NO3. The van der Waals surface area contributed by atoms with E-state index < -0.39 is 23.5 Å². The molecule has 2 aromatic carbocycles. The van der Waals surface area contributed by atoms with Gasteiger partial charge in [0.1, 0.15) is 11.6 Å². The number of hydrogen-bond donors (Lipinski definition) is 2. The molecule has 0 fully saturated rings. The summed E-state index contributed by atoms with van der Waals surface area (Å²) < 4.78 is 26.1. The van der Waals surface area contributed by atoms with Crippen LogP contribution in [0.25, 0.3) is 0 Å². The molecule has 4 nitrogen and oxygen atoms in total. The van der Waals surface area contributed by atoms with Gasteiger partial charge in [-0.25, -0.2) is 13.6 Å². The smallest absolute Gasteiger partial charge is 0.337 e. The summed E-state index contributed by atoms with van der Waals surface area (Å²) in [7, 11) is 0. The quantitative estimate of drug-likeness (QED) is 0.912. The Bertz CT molecular complexity index is 709.